The maximum absolute atomic E-state index is 11.8. The van der Waals surface area contributed by atoms with E-state index in [0.717, 1.165) is 4.90 Å². The number of imide groups is 1. The Labute approximate surface area is 173 Å². The molecule has 1 aliphatic heterocycles. The molecule has 1 aliphatic rings. The smallest absolute Gasteiger partial charge is 0.253 e. The third kappa shape index (κ3) is 7.94. The minimum absolute atomic E-state index is 0.00421. The van der Waals surface area contributed by atoms with Crippen molar-refractivity contribution in [3.05, 3.63) is 42.0 Å². The fraction of sp³-hybridized carbons (Fsp3) is 0.350. The van der Waals surface area contributed by atoms with E-state index >= 15 is 0 Å². The number of nitrogens with one attached hydrogen (secondary N) is 2. The molecule has 1 aromatic rings. The van der Waals surface area contributed by atoms with Crippen molar-refractivity contribution in [1.29, 1.82) is 0 Å². The summed E-state index contributed by atoms with van der Waals surface area (Å²) in [6, 6.07) is 6.82. The second kappa shape index (κ2) is 12.2. The van der Waals surface area contributed by atoms with Crippen LogP contribution in [0.5, 0.6) is 0 Å². The topological polar surface area (TPSA) is 126 Å². The van der Waals surface area contributed by atoms with Crippen molar-refractivity contribution in [3.8, 4) is 0 Å². The molecule has 0 atom stereocenters. The molecule has 0 unspecified atom stereocenters. The van der Waals surface area contributed by atoms with Crippen molar-refractivity contribution in [3.63, 3.8) is 0 Å². The number of carbonyl (C=O) groups excluding carboxylic acids is 4. The van der Waals surface area contributed by atoms with E-state index in [1.165, 1.54) is 18.4 Å². The van der Waals surface area contributed by atoms with E-state index in [1.807, 2.05) is 6.92 Å². The maximum Gasteiger partial charge on any atom is 0.253 e. The van der Waals surface area contributed by atoms with E-state index in [-0.39, 0.29) is 25.5 Å². The number of hydrazone groups is 1. The van der Waals surface area contributed by atoms with Gasteiger partial charge in [0.25, 0.3) is 11.8 Å². The largest absolute Gasteiger partial charge is 0.379 e. The Morgan fingerprint density at radius 3 is 2.37 bits per heavy atom. The summed E-state index contributed by atoms with van der Waals surface area (Å²) < 4.78 is 10.3. The molecule has 30 heavy (non-hydrogen) atoms. The summed E-state index contributed by atoms with van der Waals surface area (Å²) in [5.74, 6) is -1.56. The van der Waals surface area contributed by atoms with Gasteiger partial charge in [-0.05, 0) is 24.6 Å². The minimum atomic E-state index is -0.430. The van der Waals surface area contributed by atoms with Crippen molar-refractivity contribution in [1.82, 2.24) is 10.3 Å². The number of hydrogen-bond acceptors (Lipinski definition) is 7. The molecule has 10 nitrogen and oxygen atoms in total. The van der Waals surface area contributed by atoms with Gasteiger partial charge >= 0.3 is 0 Å². The highest BCUT2D eigenvalue weighted by Crippen LogP contribution is 2.08. The molecule has 0 bridgehead atoms. The average Bonchev–Trinajstić information content (AvgIpc) is 3.05. The molecule has 160 valence electrons. The van der Waals surface area contributed by atoms with E-state index in [0.29, 0.717) is 31.1 Å². The van der Waals surface area contributed by atoms with Crippen LogP contribution in [0.3, 0.4) is 0 Å². The van der Waals surface area contributed by atoms with Crippen LogP contribution in [0, 0.1) is 0 Å². The normalized spacial score (nSPS) is 13.3. The Kier molecular flexibility index (Phi) is 9.35. The number of carbonyl (C=O) groups is 4. The summed E-state index contributed by atoms with van der Waals surface area (Å²) in [7, 11) is 0. The first-order valence-corrected chi connectivity index (χ1v) is 9.40. The summed E-state index contributed by atoms with van der Waals surface area (Å²) in [6.07, 6.45) is 3.72. The van der Waals surface area contributed by atoms with Gasteiger partial charge in [0.05, 0.1) is 19.4 Å². The molecule has 0 saturated heterocycles. The summed E-state index contributed by atoms with van der Waals surface area (Å²) in [6.45, 7) is 3.22. The van der Waals surface area contributed by atoms with Gasteiger partial charge in [-0.15, -0.1) is 0 Å². The summed E-state index contributed by atoms with van der Waals surface area (Å²) in [5, 5.41) is 6.53. The van der Waals surface area contributed by atoms with Gasteiger partial charge in [-0.1, -0.05) is 12.1 Å². The number of hydrogen-bond donors (Lipinski definition) is 2. The molecule has 1 heterocycles. The first-order valence-electron chi connectivity index (χ1n) is 9.40. The quantitative estimate of drug-likeness (QED) is 0.220. The van der Waals surface area contributed by atoms with Gasteiger partial charge in [0.2, 0.25) is 11.8 Å². The van der Waals surface area contributed by atoms with E-state index in [1.54, 1.807) is 24.3 Å². The Balaban J connectivity index is 1.67. The fourth-order valence-corrected chi connectivity index (χ4v) is 2.38. The molecule has 4 amide bonds. The fourth-order valence-electron chi connectivity index (χ4n) is 2.38. The predicted octanol–water partition coefficient (Wildman–Crippen LogP) is 0.443. The molecule has 0 saturated carbocycles. The number of nitrogens with zero attached hydrogens (tertiary/aromatic N) is 2. The molecule has 2 N–H and O–H groups in total. The number of anilines is 1. The molecule has 0 fully saturated rings. The number of benzene rings is 1. The molecular formula is C20H24N4O6. The highest BCUT2D eigenvalue weighted by atomic mass is 16.5. The third-order valence-electron chi connectivity index (χ3n) is 3.87. The van der Waals surface area contributed by atoms with Crippen LogP contribution in [-0.2, 0) is 28.7 Å². The van der Waals surface area contributed by atoms with Crippen molar-refractivity contribution < 1.29 is 28.7 Å². The van der Waals surface area contributed by atoms with Crippen LogP contribution in [-0.4, -0.2) is 67.7 Å². The van der Waals surface area contributed by atoms with Crippen molar-refractivity contribution in [2.45, 2.75) is 13.3 Å². The number of ether oxygens (including phenoxy) is 2. The van der Waals surface area contributed by atoms with Gasteiger partial charge in [-0.25, -0.2) is 5.43 Å². The van der Waals surface area contributed by atoms with Gasteiger partial charge in [0, 0.05) is 37.4 Å². The van der Waals surface area contributed by atoms with E-state index in [4.69, 9.17) is 9.47 Å². The van der Waals surface area contributed by atoms with Crippen LogP contribution in [0.4, 0.5) is 5.69 Å². The third-order valence-corrected chi connectivity index (χ3v) is 3.87. The molecule has 0 radical (unpaired) electrons. The van der Waals surface area contributed by atoms with Crippen molar-refractivity contribution in [2.75, 3.05) is 38.3 Å². The molecule has 0 aliphatic carbocycles. The lowest BCUT2D eigenvalue weighted by atomic mass is 10.2. The molecule has 2 rings (SSSR count). The molecule has 0 spiro atoms. The first-order chi connectivity index (χ1) is 14.5. The van der Waals surface area contributed by atoms with Gasteiger partial charge < -0.3 is 14.8 Å². The van der Waals surface area contributed by atoms with Crippen LogP contribution in [0.25, 0.3) is 0 Å². The highest BCUT2D eigenvalue weighted by Gasteiger charge is 2.23. The van der Waals surface area contributed by atoms with Crippen molar-refractivity contribution in [2.24, 2.45) is 5.10 Å². The van der Waals surface area contributed by atoms with Crippen LogP contribution in [0.1, 0.15) is 18.9 Å². The Morgan fingerprint density at radius 1 is 1.03 bits per heavy atom. The Morgan fingerprint density at radius 2 is 1.70 bits per heavy atom. The molecule has 1 aromatic carbocycles. The predicted molar refractivity (Wildman–Crippen MR) is 109 cm³/mol. The minimum Gasteiger partial charge on any atom is -0.379 e. The lowest BCUT2D eigenvalue weighted by molar-refractivity contribution is -0.137. The van der Waals surface area contributed by atoms with Crippen LogP contribution in [0.15, 0.2) is 41.5 Å². The SMILES string of the molecule is CCOCCOCC(=O)Nc1ccc(/C=N/NC(=O)CCN2C(=O)C=CC2=O)cc1. The Hall–Kier alpha value is -3.37. The van der Waals surface area contributed by atoms with Gasteiger partial charge in [-0.2, -0.15) is 5.10 Å². The summed E-state index contributed by atoms with van der Waals surface area (Å²) >= 11 is 0. The van der Waals surface area contributed by atoms with Gasteiger partial charge in [-0.3, -0.25) is 24.1 Å². The van der Waals surface area contributed by atoms with Crippen LogP contribution in [0.2, 0.25) is 0 Å². The van der Waals surface area contributed by atoms with Crippen LogP contribution >= 0.6 is 0 Å². The standard InChI is InChI=1S/C20H24N4O6/c1-2-29-11-12-30-14-18(26)22-16-5-3-15(4-6-16)13-21-23-17(25)9-10-24-19(27)7-8-20(24)28/h3-8,13H,2,9-12,14H2,1H3,(H,22,26)(H,23,25)/b21-13+. The second-order valence-electron chi connectivity index (χ2n) is 6.12. The molecule has 0 aromatic heterocycles. The Bertz CT molecular complexity index is 801. The van der Waals surface area contributed by atoms with Crippen LogP contribution < -0.4 is 10.7 Å². The van der Waals surface area contributed by atoms with E-state index in [2.05, 4.69) is 15.8 Å². The van der Waals surface area contributed by atoms with Gasteiger partial charge in [0.1, 0.15) is 6.61 Å². The average molecular weight is 416 g/mol. The van der Waals surface area contributed by atoms with E-state index in [9.17, 15) is 19.2 Å². The lowest BCUT2D eigenvalue weighted by Gasteiger charge is -2.12. The lowest BCUT2D eigenvalue weighted by Crippen LogP contribution is -2.33. The van der Waals surface area contributed by atoms with Gasteiger partial charge in [0.15, 0.2) is 0 Å². The molecule has 10 heteroatoms. The monoisotopic (exact) mass is 416 g/mol. The zero-order valence-corrected chi connectivity index (χ0v) is 16.6. The number of rotatable bonds is 12. The summed E-state index contributed by atoms with van der Waals surface area (Å²) in [5.41, 5.74) is 3.64. The second-order valence-corrected chi connectivity index (χ2v) is 6.12. The first kappa shape index (κ1) is 22.9. The molecular weight excluding hydrogens is 392 g/mol. The summed E-state index contributed by atoms with van der Waals surface area (Å²) in [4.78, 5) is 47.3. The van der Waals surface area contributed by atoms with Crippen molar-refractivity contribution >= 4 is 35.5 Å². The highest BCUT2D eigenvalue weighted by molar-refractivity contribution is 6.13. The maximum atomic E-state index is 11.8. The zero-order chi connectivity index (χ0) is 21.8. The number of amides is 4. The van der Waals surface area contributed by atoms with E-state index < -0.39 is 17.7 Å². The zero-order valence-electron chi connectivity index (χ0n) is 16.6.